The molecule has 20 heavy (non-hydrogen) atoms. The SMILES string of the molecule is N[C@H](c1c2ccccc2cc2ccccc12)C1CCC1. The second-order valence-corrected chi connectivity index (χ2v) is 5.95. The van der Waals surface area contributed by atoms with Gasteiger partial charge in [-0.1, -0.05) is 55.0 Å². The summed E-state index contributed by atoms with van der Waals surface area (Å²) in [7, 11) is 0. The van der Waals surface area contributed by atoms with Gasteiger partial charge < -0.3 is 5.73 Å². The lowest BCUT2D eigenvalue weighted by atomic mass is 9.75. The number of nitrogens with two attached hydrogens (primary N) is 1. The van der Waals surface area contributed by atoms with E-state index in [1.807, 2.05) is 0 Å². The number of fused-ring (bicyclic) bond motifs is 2. The molecule has 4 rings (SSSR count). The average Bonchev–Trinajstić information content (AvgIpc) is 2.42. The van der Waals surface area contributed by atoms with E-state index in [-0.39, 0.29) is 6.04 Å². The van der Waals surface area contributed by atoms with Crippen molar-refractivity contribution in [1.29, 1.82) is 0 Å². The highest BCUT2D eigenvalue weighted by atomic mass is 14.7. The fourth-order valence-corrected chi connectivity index (χ4v) is 3.44. The summed E-state index contributed by atoms with van der Waals surface area (Å²) in [6.07, 6.45) is 3.89. The first-order valence-electron chi connectivity index (χ1n) is 7.50. The van der Waals surface area contributed by atoms with E-state index in [1.165, 1.54) is 46.4 Å². The Bertz CT molecular complexity index is 717. The number of benzene rings is 3. The molecule has 3 aromatic rings. The summed E-state index contributed by atoms with van der Waals surface area (Å²) in [5.41, 5.74) is 7.98. The molecule has 100 valence electrons. The van der Waals surface area contributed by atoms with Gasteiger partial charge in [-0.15, -0.1) is 0 Å². The number of rotatable bonds is 2. The number of hydrogen-bond acceptors (Lipinski definition) is 1. The molecule has 3 aromatic carbocycles. The lowest BCUT2D eigenvalue weighted by Crippen LogP contribution is -2.27. The summed E-state index contributed by atoms with van der Waals surface area (Å²) in [4.78, 5) is 0. The molecule has 1 nitrogen and oxygen atoms in total. The maximum atomic E-state index is 6.63. The topological polar surface area (TPSA) is 26.0 Å². The predicted molar refractivity (Wildman–Crippen MR) is 85.7 cm³/mol. The van der Waals surface area contributed by atoms with E-state index in [0.717, 1.165) is 0 Å². The van der Waals surface area contributed by atoms with Crippen LogP contribution < -0.4 is 5.73 Å². The van der Waals surface area contributed by atoms with Gasteiger partial charge >= 0.3 is 0 Å². The van der Waals surface area contributed by atoms with E-state index in [2.05, 4.69) is 54.6 Å². The highest BCUT2D eigenvalue weighted by Crippen LogP contribution is 2.41. The molecular weight excluding hydrogens is 242 g/mol. The van der Waals surface area contributed by atoms with Crippen LogP contribution in [0.5, 0.6) is 0 Å². The molecule has 1 aliphatic carbocycles. The van der Waals surface area contributed by atoms with Crippen LogP contribution in [0.4, 0.5) is 0 Å². The van der Waals surface area contributed by atoms with Crippen LogP contribution in [0.1, 0.15) is 30.9 Å². The third-order valence-corrected chi connectivity index (χ3v) is 4.80. The molecule has 0 heterocycles. The van der Waals surface area contributed by atoms with Crippen LogP contribution in [-0.2, 0) is 0 Å². The van der Waals surface area contributed by atoms with E-state index in [4.69, 9.17) is 5.73 Å². The zero-order valence-electron chi connectivity index (χ0n) is 11.5. The summed E-state index contributed by atoms with van der Waals surface area (Å²) in [5, 5.41) is 5.25. The summed E-state index contributed by atoms with van der Waals surface area (Å²) < 4.78 is 0. The van der Waals surface area contributed by atoms with Gasteiger partial charge in [0.2, 0.25) is 0 Å². The molecule has 1 aliphatic rings. The molecule has 1 fully saturated rings. The van der Waals surface area contributed by atoms with E-state index < -0.39 is 0 Å². The van der Waals surface area contributed by atoms with Crippen LogP contribution in [0, 0.1) is 5.92 Å². The van der Waals surface area contributed by atoms with Gasteiger partial charge in [-0.2, -0.15) is 0 Å². The molecule has 1 atom stereocenters. The Labute approximate surface area is 119 Å². The number of hydrogen-bond donors (Lipinski definition) is 1. The molecule has 0 saturated heterocycles. The van der Waals surface area contributed by atoms with Gasteiger partial charge in [0, 0.05) is 6.04 Å². The van der Waals surface area contributed by atoms with Crippen LogP contribution in [0.25, 0.3) is 21.5 Å². The Balaban J connectivity index is 2.06. The first kappa shape index (κ1) is 11.9. The Morgan fingerprint density at radius 2 is 1.40 bits per heavy atom. The van der Waals surface area contributed by atoms with Crippen LogP contribution in [0.15, 0.2) is 54.6 Å². The van der Waals surface area contributed by atoms with Crippen molar-refractivity contribution in [3.63, 3.8) is 0 Å². The standard InChI is InChI=1S/C19H19N/c20-19(13-8-5-9-13)18-16-10-3-1-6-14(16)12-15-7-2-4-11-17(15)18/h1-4,6-7,10-13,19H,5,8-9,20H2/t19-/m0/s1. The van der Waals surface area contributed by atoms with Gasteiger partial charge in [-0.25, -0.2) is 0 Å². The largest absolute Gasteiger partial charge is 0.324 e. The third-order valence-electron chi connectivity index (χ3n) is 4.80. The molecule has 2 N–H and O–H groups in total. The first-order valence-corrected chi connectivity index (χ1v) is 7.50. The van der Waals surface area contributed by atoms with Crippen molar-refractivity contribution in [2.24, 2.45) is 11.7 Å². The summed E-state index contributed by atoms with van der Waals surface area (Å²) in [5.74, 6) is 0.657. The highest BCUT2D eigenvalue weighted by molar-refractivity contribution is 6.02. The van der Waals surface area contributed by atoms with Crippen LogP contribution in [0.2, 0.25) is 0 Å². The average molecular weight is 261 g/mol. The Morgan fingerprint density at radius 1 is 0.850 bits per heavy atom. The predicted octanol–water partition coefficient (Wildman–Crippen LogP) is 4.79. The molecule has 0 amide bonds. The van der Waals surface area contributed by atoms with Gasteiger partial charge in [0.15, 0.2) is 0 Å². The van der Waals surface area contributed by atoms with Crippen molar-refractivity contribution in [2.45, 2.75) is 25.3 Å². The smallest absolute Gasteiger partial charge is 0.0335 e. The Morgan fingerprint density at radius 3 is 1.90 bits per heavy atom. The minimum absolute atomic E-state index is 0.166. The molecule has 0 radical (unpaired) electrons. The fraction of sp³-hybridized carbons (Fsp3) is 0.263. The molecule has 0 spiro atoms. The van der Waals surface area contributed by atoms with E-state index in [1.54, 1.807) is 0 Å². The Kier molecular flexibility index (Phi) is 2.75. The molecule has 1 saturated carbocycles. The van der Waals surface area contributed by atoms with Gasteiger partial charge in [-0.3, -0.25) is 0 Å². The minimum atomic E-state index is 0.166. The lowest BCUT2D eigenvalue weighted by Gasteiger charge is -2.32. The second kappa shape index (κ2) is 4.60. The minimum Gasteiger partial charge on any atom is -0.324 e. The maximum absolute atomic E-state index is 6.63. The molecule has 0 bridgehead atoms. The van der Waals surface area contributed by atoms with Crippen LogP contribution in [-0.4, -0.2) is 0 Å². The van der Waals surface area contributed by atoms with Crippen molar-refractivity contribution in [1.82, 2.24) is 0 Å². The molecule has 0 aliphatic heterocycles. The van der Waals surface area contributed by atoms with E-state index in [0.29, 0.717) is 5.92 Å². The van der Waals surface area contributed by atoms with E-state index >= 15 is 0 Å². The fourth-order valence-electron chi connectivity index (χ4n) is 3.44. The molecule has 1 heteroatoms. The maximum Gasteiger partial charge on any atom is 0.0335 e. The summed E-state index contributed by atoms with van der Waals surface area (Å²) >= 11 is 0. The molecule has 0 aromatic heterocycles. The van der Waals surface area contributed by atoms with Crippen LogP contribution in [0.3, 0.4) is 0 Å². The monoisotopic (exact) mass is 261 g/mol. The summed E-state index contributed by atoms with van der Waals surface area (Å²) in [6, 6.07) is 19.7. The van der Waals surface area contributed by atoms with Gasteiger partial charge in [-0.05, 0) is 51.9 Å². The lowest BCUT2D eigenvalue weighted by molar-refractivity contribution is 0.266. The van der Waals surface area contributed by atoms with Crippen molar-refractivity contribution in [2.75, 3.05) is 0 Å². The third kappa shape index (κ3) is 1.74. The van der Waals surface area contributed by atoms with Gasteiger partial charge in [0.25, 0.3) is 0 Å². The van der Waals surface area contributed by atoms with Gasteiger partial charge in [0.1, 0.15) is 0 Å². The highest BCUT2D eigenvalue weighted by Gasteiger charge is 2.27. The van der Waals surface area contributed by atoms with Crippen molar-refractivity contribution >= 4 is 21.5 Å². The first-order chi connectivity index (χ1) is 9.84. The van der Waals surface area contributed by atoms with Gasteiger partial charge in [0.05, 0.1) is 0 Å². The molecule has 0 unspecified atom stereocenters. The van der Waals surface area contributed by atoms with E-state index in [9.17, 15) is 0 Å². The van der Waals surface area contributed by atoms with Crippen LogP contribution >= 0.6 is 0 Å². The summed E-state index contributed by atoms with van der Waals surface area (Å²) in [6.45, 7) is 0. The zero-order valence-corrected chi connectivity index (χ0v) is 11.5. The molecular formula is C19H19N. The van der Waals surface area contributed by atoms with Crippen molar-refractivity contribution in [3.8, 4) is 0 Å². The normalized spacial score (nSPS) is 17.2. The zero-order chi connectivity index (χ0) is 13.5. The van der Waals surface area contributed by atoms with Crippen molar-refractivity contribution < 1.29 is 0 Å². The van der Waals surface area contributed by atoms with Crippen molar-refractivity contribution in [3.05, 3.63) is 60.2 Å². The Hall–Kier alpha value is -1.86. The quantitative estimate of drug-likeness (QED) is 0.659. The second-order valence-electron chi connectivity index (χ2n) is 5.95.